The zero-order chi connectivity index (χ0) is 58.5. The molecule has 0 saturated carbocycles. The summed E-state index contributed by atoms with van der Waals surface area (Å²) in [6, 6.07) is 12.4. The Morgan fingerprint density at radius 3 is 2.38 bits per heavy atom. The number of carbonyl (C=O) groups excluding carboxylic acids is 5. The first-order chi connectivity index (χ1) is 38.4. The number of Topliss-reactive ketones (excluding diaryl/α,β-unsaturated/α-hetero) is 1. The van der Waals surface area contributed by atoms with Gasteiger partial charge in [0.15, 0.2) is 41.2 Å². The van der Waals surface area contributed by atoms with Crippen LogP contribution >= 0.6 is 0 Å². The second-order valence-electron chi connectivity index (χ2n) is 21.2. The quantitative estimate of drug-likeness (QED) is 0.0597. The number of carbonyl (C=O) groups is 5. The van der Waals surface area contributed by atoms with Gasteiger partial charge in [-0.05, 0) is 62.8 Å². The van der Waals surface area contributed by atoms with Crippen molar-refractivity contribution in [2.45, 2.75) is 142 Å². The van der Waals surface area contributed by atoms with Crippen LogP contribution in [0.15, 0.2) is 78.5 Å². The predicted molar refractivity (Wildman–Crippen MR) is 286 cm³/mol. The van der Waals surface area contributed by atoms with Crippen LogP contribution in [0, 0.1) is 11.8 Å². The molecular weight excluding hydrogens is 1080 g/mol. The van der Waals surface area contributed by atoms with Gasteiger partial charge in [-0.1, -0.05) is 63.2 Å². The van der Waals surface area contributed by atoms with Gasteiger partial charge in [-0.2, -0.15) is 18.1 Å². The molecule has 3 amide bonds. The zero-order valence-electron chi connectivity index (χ0n) is 45.8. The van der Waals surface area contributed by atoms with Crippen molar-refractivity contribution in [3.05, 3.63) is 106 Å². The number of anilines is 1. The minimum Gasteiger partial charge on any atom is -0.460 e. The summed E-state index contributed by atoms with van der Waals surface area (Å²) in [6.45, 7) is 11.5. The Hall–Kier alpha value is -7.63. The lowest BCUT2D eigenvalue weighted by Gasteiger charge is -2.25. The molecule has 28 heteroatoms. The van der Waals surface area contributed by atoms with Crippen molar-refractivity contribution in [3.8, 4) is 0 Å². The number of rotatable bonds is 22. The number of aromatic amines is 1. The first-order valence-corrected chi connectivity index (χ1v) is 27.6. The second kappa shape index (κ2) is 25.0. The van der Waals surface area contributed by atoms with Gasteiger partial charge in [0.05, 0.1) is 43.3 Å². The molecule has 5 N–H and O–H groups in total. The molecule has 6 aromatic rings. The second-order valence-corrected chi connectivity index (χ2v) is 22.6. The number of fused-ring (bicyclic) bond motifs is 2. The molecule has 8 rings (SSSR count). The fourth-order valence-electron chi connectivity index (χ4n) is 9.26. The van der Waals surface area contributed by atoms with Crippen LogP contribution in [0.25, 0.3) is 22.3 Å². The van der Waals surface area contributed by atoms with E-state index in [1.807, 2.05) is 20.8 Å². The molecule has 0 unspecified atom stereocenters. The van der Waals surface area contributed by atoms with Crippen LogP contribution in [0.2, 0.25) is 0 Å². The molecule has 6 heterocycles. The van der Waals surface area contributed by atoms with Gasteiger partial charge in [0, 0.05) is 38.5 Å². The van der Waals surface area contributed by atoms with Gasteiger partial charge in [-0.3, -0.25) is 43.4 Å². The van der Waals surface area contributed by atoms with Crippen molar-refractivity contribution in [2.24, 2.45) is 11.8 Å². The molecule has 4 aromatic heterocycles. The largest absolute Gasteiger partial charge is 0.460 e. The summed E-state index contributed by atoms with van der Waals surface area (Å²) in [6.07, 6.45) is -4.47. The number of H-pyrrole nitrogens is 1. The van der Waals surface area contributed by atoms with Crippen LogP contribution in [0.1, 0.15) is 107 Å². The number of esters is 1. The summed E-state index contributed by atoms with van der Waals surface area (Å²) in [7, 11) is -3.16. The van der Waals surface area contributed by atoms with Crippen molar-refractivity contribution in [3.63, 3.8) is 0 Å². The molecule has 2 saturated heterocycles. The van der Waals surface area contributed by atoms with Crippen LogP contribution in [0.4, 0.5) is 15.1 Å². The standard InChI is InChI=1S/C53H65FN12O14S/c1-9-33-19-38(80-81(74,75)59-22-39-43(69)41(54)50(78-39)65-26-57-36-21-55-25-56-44(36)65)49(77-33)66-27-58-42-45(66)61-51(63-48(42)72)62-46(70)34-13-11-10-12-32(34)23-64(8)52(73)76-24-31-16-14-30(15-17-31)18-37(67)29(4)60-47(71)35(28(2)3)20-40(68)79-53(5,6)7/h10-17,21,25-29,33,35,38-39,41,43,49-50,59,69H,9,18-20,22-24H2,1-8H3,(H,60,71)(H2,61,62,63,70,72)/t29-,33+,35-,38+,39+,41+,43+,49+,50+/m0/s1. The topological polar surface area (TPSA) is 332 Å². The van der Waals surface area contributed by atoms with E-state index in [0.29, 0.717) is 28.6 Å². The van der Waals surface area contributed by atoms with Crippen LogP contribution in [-0.4, -0.2) is 143 Å². The number of imidazole rings is 2. The molecule has 434 valence electrons. The number of ether oxygens (including phenoxy) is 4. The highest BCUT2D eigenvalue weighted by Crippen LogP contribution is 2.36. The number of aromatic nitrogens is 8. The average Bonchev–Trinajstić information content (AvgIpc) is 4.28. The van der Waals surface area contributed by atoms with Crippen molar-refractivity contribution >= 4 is 68.2 Å². The first-order valence-electron chi connectivity index (χ1n) is 26.2. The normalized spacial score (nSPS) is 21.0. The number of benzene rings is 2. The molecule has 26 nitrogen and oxygen atoms in total. The number of aliphatic hydroxyl groups excluding tert-OH is 1. The summed E-state index contributed by atoms with van der Waals surface area (Å²) in [5.41, 5.74) is 0.740. The molecule has 0 radical (unpaired) electrons. The number of amides is 3. The minimum absolute atomic E-state index is 0.0160. The molecule has 2 fully saturated rings. The number of alkyl halides is 1. The van der Waals surface area contributed by atoms with Gasteiger partial charge in [-0.15, -0.1) is 0 Å². The van der Waals surface area contributed by atoms with Crippen LogP contribution in [-0.2, 0) is 67.4 Å². The van der Waals surface area contributed by atoms with Gasteiger partial charge in [0.2, 0.25) is 11.9 Å². The minimum atomic E-state index is -4.65. The molecule has 2 aromatic carbocycles. The SMILES string of the molecule is CC[C@@H]1C[C@@H](OS(=O)(=O)NC[C@H]2O[C@@H](n3cnc4cncnc43)[C@H](F)[C@@H]2O)[C@H](n2cnc3c(=O)[nH]c(NC(=O)c4ccccc4CN(C)C(=O)OCc4ccc(CC(=O)[C@H](C)NC(=O)[C@@H](CC(=O)OC(C)(C)C)C(C)C)cc4)nc32)O1. The Morgan fingerprint density at radius 1 is 0.963 bits per heavy atom. The van der Waals surface area contributed by atoms with E-state index in [1.54, 1.807) is 70.2 Å². The third kappa shape index (κ3) is 14.5. The summed E-state index contributed by atoms with van der Waals surface area (Å²) >= 11 is 0. The van der Waals surface area contributed by atoms with E-state index in [4.69, 9.17) is 23.1 Å². The molecule has 9 atom stereocenters. The molecule has 0 bridgehead atoms. The number of nitrogens with one attached hydrogen (secondary N) is 4. The summed E-state index contributed by atoms with van der Waals surface area (Å²) in [5.74, 6) is -3.01. The number of nitrogens with zero attached hydrogens (tertiary/aromatic N) is 8. The van der Waals surface area contributed by atoms with Gasteiger partial charge in [0.25, 0.3) is 11.5 Å². The van der Waals surface area contributed by atoms with E-state index in [2.05, 4.69) is 45.3 Å². The average molecular weight is 1150 g/mol. The number of hydrogen-bond donors (Lipinski definition) is 5. The predicted octanol–water partition coefficient (Wildman–Crippen LogP) is 4.11. The molecule has 0 aliphatic carbocycles. The van der Waals surface area contributed by atoms with Gasteiger partial charge < -0.3 is 34.3 Å². The molecule has 2 aliphatic heterocycles. The first kappa shape index (κ1) is 59.5. The van der Waals surface area contributed by atoms with E-state index in [-0.39, 0.29) is 72.4 Å². The highest BCUT2D eigenvalue weighted by atomic mass is 32.2. The van der Waals surface area contributed by atoms with Crippen molar-refractivity contribution in [2.75, 3.05) is 18.9 Å². The number of halogens is 1. The zero-order valence-corrected chi connectivity index (χ0v) is 46.6. The Balaban J connectivity index is 0.848. The van der Waals surface area contributed by atoms with E-state index in [1.165, 1.54) is 52.3 Å². The Kier molecular flexibility index (Phi) is 18.4. The van der Waals surface area contributed by atoms with Crippen LogP contribution < -0.4 is 20.9 Å². The lowest BCUT2D eigenvalue weighted by molar-refractivity contribution is -0.158. The van der Waals surface area contributed by atoms with Gasteiger partial charge >= 0.3 is 22.4 Å². The Bertz CT molecular complexity index is 3440. The summed E-state index contributed by atoms with van der Waals surface area (Å²) < 4.78 is 75.6. The Labute approximate surface area is 464 Å². The number of aliphatic hydroxyl groups is 1. The highest BCUT2D eigenvalue weighted by molar-refractivity contribution is 7.84. The van der Waals surface area contributed by atoms with E-state index in [0.717, 1.165) is 0 Å². The van der Waals surface area contributed by atoms with Crippen LogP contribution in [0.3, 0.4) is 0 Å². The fraction of sp³-hybridized carbons (Fsp3) is 0.491. The molecule has 2 aliphatic rings. The maximum Gasteiger partial charge on any atom is 0.410 e. The Morgan fingerprint density at radius 2 is 1.67 bits per heavy atom. The molecule has 81 heavy (non-hydrogen) atoms. The fourth-order valence-corrected chi connectivity index (χ4v) is 10.2. The maximum atomic E-state index is 15.4. The van der Waals surface area contributed by atoms with Crippen LogP contribution in [0.5, 0.6) is 0 Å². The molecule has 0 spiro atoms. The molecular formula is C53H65FN12O14S. The summed E-state index contributed by atoms with van der Waals surface area (Å²) in [5, 5.41) is 16.1. The smallest absolute Gasteiger partial charge is 0.410 e. The third-order valence-corrected chi connectivity index (χ3v) is 14.6. The van der Waals surface area contributed by atoms with Gasteiger partial charge in [-0.25, -0.2) is 33.3 Å². The lowest BCUT2D eigenvalue weighted by atomic mass is 9.91. The van der Waals surface area contributed by atoms with Crippen molar-refractivity contribution < 1.29 is 65.0 Å². The summed E-state index contributed by atoms with van der Waals surface area (Å²) in [4.78, 5) is 104. The third-order valence-electron chi connectivity index (χ3n) is 13.6. The monoisotopic (exact) mass is 1140 g/mol. The number of ketones is 1. The highest BCUT2D eigenvalue weighted by Gasteiger charge is 2.47. The van der Waals surface area contributed by atoms with Crippen molar-refractivity contribution in [1.82, 2.24) is 54.0 Å². The van der Waals surface area contributed by atoms with E-state index in [9.17, 15) is 42.3 Å². The van der Waals surface area contributed by atoms with E-state index < -0.39 is 107 Å². The number of hydrogen-bond acceptors (Lipinski definition) is 19. The maximum absolute atomic E-state index is 15.4. The van der Waals surface area contributed by atoms with Crippen molar-refractivity contribution in [1.29, 1.82) is 0 Å². The van der Waals surface area contributed by atoms with E-state index >= 15 is 4.39 Å². The van der Waals surface area contributed by atoms with Gasteiger partial charge in [0.1, 0.15) is 42.4 Å². The lowest BCUT2D eigenvalue weighted by Crippen LogP contribution is -2.44.